The Morgan fingerprint density at radius 2 is 1.87 bits per heavy atom. The maximum atomic E-state index is 5.32. The Hall–Kier alpha value is -2.43. The van der Waals surface area contributed by atoms with Crippen molar-refractivity contribution in [2.75, 3.05) is 0 Å². The van der Waals surface area contributed by atoms with E-state index in [2.05, 4.69) is 44.6 Å². The second kappa shape index (κ2) is 5.99. The molecule has 2 heterocycles. The highest BCUT2D eigenvalue weighted by atomic mass is 16.5. The van der Waals surface area contributed by atoms with Crippen molar-refractivity contribution in [2.45, 2.75) is 44.9 Å². The number of hydrogen-bond donors (Lipinski definition) is 1. The van der Waals surface area contributed by atoms with Gasteiger partial charge in [-0.15, -0.1) is 0 Å². The van der Waals surface area contributed by atoms with E-state index in [1.165, 1.54) is 37.7 Å². The van der Waals surface area contributed by atoms with Crippen LogP contribution in [0.1, 0.15) is 49.3 Å². The van der Waals surface area contributed by atoms with Gasteiger partial charge in [0.2, 0.25) is 5.82 Å². The molecule has 2 aromatic heterocycles. The summed E-state index contributed by atoms with van der Waals surface area (Å²) in [7, 11) is 0. The van der Waals surface area contributed by atoms with Crippen LogP contribution in [0.2, 0.25) is 0 Å². The molecule has 5 nitrogen and oxygen atoms in total. The standard InChI is InChI=1S/C18H20N4O/c1-12-11-16(21-20-12)18-19-17(22-23-18)15-9-7-14(8-10-15)13-5-3-2-4-6-13/h7-11,13H,2-6H2,1H3,(H,20,21). The van der Waals surface area contributed by atoms with Crippen molar-refractivity contribution < 1.29 is 4.52 Å². The van der Waals surface area contributed by atoms with Crippen LogP contribution in [0.5, 0.6) is 0 Å². The number of nitrogens with zero attached hydrogens (tertiary/aromatic N) is 3. The van der Waals surface area contributed by atoms with E-state index in [0.717, 1.165) is 11.3 Å². The average Bonchev–Trinajstić information content (AvgIpc) is 3.25. The predicted octanol–water partition coefficient (Wildman–Crippen LogP) is 4.48. The third kappa shape index (κ3) is 2.91. The summed E-state index contributed by atoms with van der Waals surface area (Å²) in [6, 6.07) is 10.5. The monoisotopic (exact) mass is 308 g/mol. The van der Waals surface area contributed by atoms with E-state index in [0.29, 0.717) is 23.3 Å². The number of rotatable bonds is 3. The molecule has 0 amide bonds. The van der Waals surface area contributed by atoms with Gasteiger partial charge in [0, 0.05) is 11.3 Å². The average molecular weight is 308 g/mol. The molecule has 118 valence electrons. The van der Waals surface area contributed by atoms with Crippen molar-refractivity contribution in [3.63, 3.8) is 0 Å². The van der Waals surface area contributed by atoms with Gasteiger partial charge in [-0.25, -0.2) is 0 Å². The van der Waals surface area contributed by atoms with Gasteiger partial charge >= 0.3 is 0 Å². The molecule has 1 aliphatic carbocycles. The number of nitrogens with one attached hydrogen (secondary N) is 1. The van der Waals surface area contributed by atoms with Crippen molar-refractivity contribution in [1.29, 1.82) is 0 Å². The second-order valence-electron chi connectivity index (χ2n) is 6.32. The van der Waals surface area contributed by atoms with E-state index < -0.39 is 0 Å². The first-order valence-electron chi connectivity index (χ1n) is 8.26. The highest BCUT2D eigenvalue weighted by Gasteiger charge is 2.16. The summed E-state index contributed by atoms with van der Waals surface area (Å²) in [6.07, 6.45) is 6.70. The normalized spacial score (nSPS) is 15.9. The summed E-state index contributed by atoms with van der Waals surface area (Å²) in [4.78, 5) is 4.45. The van der Waals surface area contributed by atoms with Gasteiger partial charge in [-0.1, -0.05) is 48.7 Å². The highest BCUT2D eigenvalue weighted by Crippen LogP contribution is 2.33. The van der Waals surface area contributed by atoms with E-state index in [1.807, 2.05) is 13.0 Å². The Balaban J connectivity index is 1.55. The third-order valence-electron chi connectivity index (χ3n) is 4.60. The summed E-state index contributed by atoms with van der Waals surface area (Å²) < 4.78 is 5.32. The Kier molecular flexibility index (Phi) is 3.69. The molecule has 1 saturated carbocycles. The minimum absolute atomic E-state index is 0.445. The lowest BCUT2D eigenvalue weighted by atomic mass is 9.84. The van der Waals surface area contributed by atoms with Gasteiger partial charge in [0.25, 0.3) is 5.89 Å². The second-order valence-corrected chi connectivity index (χ2v) is 6.32. The van der Waals surface area contributed by atoms with E-state index in [4.69, 9.17) is 4.52 Å². The van der Waals surface area contributed by atoms with Gasteiger partial charge in [-0.2, -0.15) is 10.1 Å². The minimum Gasteiger partial charge on any atom is -0.332 e. The third-order valence-corrected chi connectivity index (χ3v) is 4.60. The molecule has 0 aliphatic heterocycles. The molecular formula is C18H20N4O. The van der Waals surface area contributed by atoms with E-state index in [1.54, 1.807) is 0 Å². The topological polar surface area (TPSA) is 67.6 Å². The lowest BCUT2D eigenvalue weighted by molar-refractivity contribution is 0.431. The van der Waals surface area contributed by atoms with Crippen LogP contribution >= 0.6 is 0 Å². The van der Waals surface area contributed by atoms with Gasteiger partial charge < -0.3 is 4.52 Å². The number of benzene rings is 1. The van der Waals surface area contributed by atoms with Gasteiger partial charge in [0.05, 0.1) is 0 Å². The molecule has 0 atom stereocenters. The van der Waals surface area contributed by atoms with Crippen LogP contribution in [0, 0.1) is 6.92 Å². The fraction of sp³-hybridized carbons (Fsp3) is 0.389. The zero-order valence-corrected chi connectivity index (χ0v) is 13.2. The van der Waals surface area contributed by atoms with Crippen molar-refractivity contribution >= 4 is 0 Å². The molecule has 5 heteroatoms. The first-order chi connectivity index (χ1) is 11.3. The summed E-state index contributed by atoms with van der Waals surface area (Å²) in [5.41, 5.74) is 4.06. The van der Waals surface area contributed by atoms with Crippen molar-refractivity contribution in [3.05, 3.63) is 41.6 Å². The first-order valence-corrected chi connectivity index (χ1v) is 8.26. The quantitative estimate of drug-likeness (QED) is 0.774. The summed E-state index contributed by atoms with van der Waals surface area (Å²) >= 11 is 0. The molecule has 4 rings (SSSR count). The number of H-pyrrole nitrogens is 1. The Morgan fingerprint density at radius 1 is 1.09 bits per heavy atom. The van der Waals surface area contributed by atoms with Gasteiger partial charge in [0.1, 0.15) is 0 Å². The molecule has 0 radical (unpaired) electrons. The number of aromatic nitrogens is 4. The maximum Gasteiger partial charge on any atom is 0.278 e. The van der Waals surface area contributed by atoms with Crippen LogP contribution in [-0.4, -0.2) is 20.3 Å². The van der Waals surface area contributed by atoms with Crippen LogP contribution in [0.15, 0.2) is 34.9 Å². The van der Waals surface area contributed by atoms with E-state index in [9.17, 15) is 0 Å². The zero-order chi connectivity index (χ0) is 15.6. The Labute approximate surface area is 135 Å². The Morgan fingerprint density at radius 3 is 2.57 bits per heavy atom. The largest absolute Gasteiger partial charge is 0.332 e. The van der Waals surface area contributed by atoms with Gasteiger partial charge in [-0.05, 0) is 37.3 Å². The lowest BCUT2D eigenvalue weighted by Gasteiger charge is -2.21. The lowest BCUT2D eigenvalue weighted by Crippen LogP contribution is -2.04. The first kappa shape index (κ1) is 14.2. The van der Waals surface area contributed by atoms with Crippen LogP contribution in [0.3, 0.4) is 0 Å². The smallest absolute Gasteiger partial charge is 0.278 e. The minimum atomic E-state index is 0.445. The van der Waals surface area contributed by atoms with Crippen LogP contribution < -0.4 is 0 Å². The van der Waals surface area contributed by atoms with Crippen LogP contribution in [-0.2, 0) is 0 Å². The zero-order valence-electron chi connectivity index (χ0n) is 13.2. The van der Waals surface area contributed by atoms with Gasteiger partial charge in [-0.3, -0.25) is 5.10 Å². The Bertz CT molecular complexity index is 781. The summed E-state index contributed by atoms with van der Waals surface area (Å²) in [5, 5.41) is 11.1. The molecule has 1 N–H and O–H groups in total. The van der Waals surface area contributed by atoms with Crippen molar-refractivity contribution in [1.82, 2.24) is 20.3 Å². The molecule has 1 aromatic carbocycles. The number of aromatic amines is 1. The molecule has 1 aliphatic rings. The molecular weight excluding hydrogens is 288 g/mol. The summed E-state index contributed by atoms with van der Waals surface area (Å²) in [5.74, 6) is 1.77. The molecule has 0 saturated heterocycles. The molecule has 0 bridgehead atoms. The molecule has 3 aromatic rings. The number of aryl methyl sites for hydroxylation is 1. The van der Waals surface area contributed by atoms with Crippen LogP contribution in [0.4, 0.5) is 0 Å². The molecule has 1 fully saturated rings. The summed E-state index contributed by atoms with van der Waals surface area (Å²) in [6.45, 7) is 1.94. The van der Waals surface area contributed by atoms with E-state index >= 15 is 0 Å². The van der Waals surface area contributed by atoms with E-state index in [-0.39, 0.29) is 0 Å². The number of hydrogen-bond acceptors (Lipinski definition) is 4. The molecule has 0 unspecified atom stereocenters. The molecule has 0 spiro atoms. The maximum absolute atomic E-state index is 5.32. The van der Waals surface area contributed by atoms with Crippen LogP contribution in [0.25, 0.3) is 23.0 Å². The SMILES string of the molecule is Cc1cc(-c2nc(-c3ccc(C4CCCCC4)cc3)no2)n[nH]1. The molecule has 23 heavy (non-hydrogen) atoms. The van der Waals surface area contributed by atoms with Crippen molar-refractivity contribution in [3.8, 4) is 23.0 Å². The van der Waals surface area contributed by atoms with Gasteiger partial charge in [0.15, 0.2) is 5.69 Å². The highest BCUT2D eigenvalue weighted by molar-refractivity contribution is 5.58. The fourth-order valence-corrected chi connectivity index (χ4v) is 3.31. The predicted molar refractivity (Wildman–Crippen MR) is 87.9 cm³/mol. The van der Waals surface area contributed by atoms with Crippen molar-refractivity contribution in [2.24, 2.45) is 0 Å². The fourth-order valence-electron chi connectivity index (χ4n) is 3.31.